The highest BCUT2D eigenvalue weighted by atomic mass is 16.7. The quantitative estimate of drug-likeness (QED) is 0.400. The number of hydrogen-bond donors (Lipinski definition) is 0. The third kappa shape index (κ3) is 3.75. The second-order valence-electron chi connectivity index (χ2n) is 7.80. The number of imide groups is 1. The summed E-state index contributed by atoms with van der Waals surface area (Å²) in [5, 5.41) is 0. The molecule has 172 valence electrons. The zero-order chi connectivity index (χ0) is 23.7. The van der Waals surface area contributed by atoms with E-state index in [2.05, 4.69) is 0 Å². The molecule has 0 bridgehead atoms. The van der Waals surface area contributed by atoms with Gasteiger partial charge in [0.05, 0.1) is 20.3 Å². The van der Waals surface area contributed by atoms with Crippen molar-refractivity contribution in [3.05, 3.63) is 82.9 Å². The van der Waals surface area contributed by atoms with Crippen molar-refractivity contribution >= 4 is 23.5 Å². The Kier molecular flexibility index (Phi) is 5.67. The van der Waals surface area contributed by atoms with E-state index in [1.165, 1.54) is 4.90 Å². The maximum atomic E-state index is 13.7. The number of para-hydroxylation sites is 1. The molecule has 3 aromatic carbocycles. The highest BCUT2D eigenvalue weighted by Crippen LogP contribution is 2.37. The van der Waals surface area contributed by atoms with Crippen molar-refractivity contribution in [1.82, 2.24) is 4.90 Å². The van der Waals surface area contributed by atoms with Gasteiger partial charge in [0.15, 0.2) is 23.0 Å². The summed E-state index contributed by atoms with van der Waals surface area (Å²) in [6, 6.07) is 18.0. The molecule has 2 aliphatic rings. The molecule has 2 amide bonds. The molecule has 2 heterocycles. The Hall–Kier alpha value is -4.26. The predicted octanol–water partition coefficient (Wildman–Crippen LogP) is 4.55. The maximum Gasteiger partial charge on any atom is 0.261 e. The van der Waals surface area contributed by atoms with Crippen molar-refractivity contribution in [2.24, 2.45) is 0 Å². The normalized spacial score (nSPS) is 15.5. The van der Waals surface area contributed by atoms with Gasteiger partial charge in [0.25, 0.3) is 11.8 Å². The van der Waals surface area contributed by atoms with Crippen LogP contribution >= 0.6 is 0 Å². The summed E-state index contributed by atoms with van der Waals surface area (Å²) in [5.41, 5.74) is 2.91. The van der Waals surface area contributed by atoms with Crippen LogP contribution in [-0.4, -0.2) is 37.2 Å². The summed E-state index contributed by atoms with van der Waals surface area (Å²) >= 11 is 0. The standard InChI is InChI=1S/C27H23NO6/c1-3-32-23-10-6-7-18(25(23)31-2)14-21-19-8-4-5-9-20(19)26(29)28(27(21)30)15-17-11-12-22-24(13-17)34-16-33-22/h4-14H,3,15-16H2,1-2H3/b21-14-. The van der Waals surface area contributed by atoms with Crippen LogP contribution in [0.25, 0.3) is 11.6 Å². The summed E-state index contributed by atoms with van der Waals surface area (Å²) < 4.78 is 22.1. The molecule has 0 aromatic heterocycles. The summed E-state index contributed by atoms with van der Waals surface area (Å²) in [6.07, 6.45) is 1.75. The smallest absolute Gasteiger partial charge is 0.261 e. The van der Waals surface area contributed by atoms with Gasteiger partial charge in [0.2, 0.25) is 6.79 Å². The molecule has 0 unspecified atom stereocenters. The minimum Gasteiger partial charge on any atom is -0.492 e. The van der Waals surface area contributed by atoms with E-state index in [1.54, 1.807) is 43.5 Å². The van der Waals surface area contributed by atoms with Crippen LogP contribution in [0.4, 0.5) is 0 Å². The van der Waals surface area contributed by atoms with Gasteiger partial charge in [-0.1, -0.05) is 36.4 Å². The number of methoxy groups -OCH3 is 1. The first-order chi connectivity index (χ1) is 16.6. The number of carbonyl (C=O) groups is 2. The largest absolute Gasteiger partial charge is 0.492 e. The fourth-order valence-electron chi connectivity index (χ4n) is 4.20. The Bertz CT molecular complexity index is 1310. The van der Waals surface area contributed by atoms with E-state index >= 15 is 0 Å². The molecular formula is C27H23NO6. The monoisotopic (exact) mass is 457 g/mol. The van der Waals surface area contributed by atoms with Crippen LogP contribution in [0.5, 0.6) is 23.0 Å². The first-order valence-corrected chi connectivity index (χ1v) is 11.0. The lowest BCUT2D eigenvalue weighted by Gasteiger charge is -2.29. The van der Waals surface area contributed by atoms with Crippen LogP contribution in [0.15, 0.2) is 60.7 Å². The zero-order valence-corrected chi connectivity index (χ0v) is 18.9. The van der Waals surface area contributed by atoms with Gasteiger partial charge >= 0.3 is 0 Å². The minimum atomic E-state index is -0.384. The highest BCUT2D eigenvalue weighted by Gasteiger charge is 2.35. The van der Waals surface area contributed by atoms with E-state index in [4.69, 9.17) is 18.9 Å². The van der Waals surface area contributed by atoms with Gasteiger partial charge in [0.1, 0.15) is 0 Å². The van der Waals surface area contributed by atoms with Crippen LogP contribution in [0.2, 0.25) is 0 Å². The Morgan fingerprint density at radius 2 is 1.74 bits per heavy atom. The molecule has 0 radical (unpaired) electrons. The maximum absolute atomic E-state index is 13.7. The van der Waals surface area contributed by atoms with Crippen molar-refractivity contribution in [2.45, 2.75) is 13.5 Å². The number of hydrogen-bond acceptors (Lipinski definition) is 6. The van der Waals surface area contributed by atoms with Crippen molar-refractivity contribution in [3.8, 4) is 23.0 Å². The lowest BCUT2D eigenvalue weighted by molar-refractivity contribution is -0.123. The number of ether oxygens (including phenoxy) is 4. The number of rotatable bonds is 6. The molecule has 3 aromatic rings. The summed E-state index contributed by atoms with van der Waals surface area (Å²) in [7, 11) is 1.56. The molecule has 0 N–H and O–H groups in total. The van der Waals surface area contributed by atoms with Gasteiger partial charge < -0.3 is 18.9 Å². The molecule has 34 heavy (non-hydrogen) atoms. The molecule has 5 rings (SSSR count). The van der Waals surface area contributed by atoms with Crippen LogP contribution in [0, 0.1) is 0 Å². The fraction of sp³-hybridized carbons (Fsp3) is 0.185. The number of amides is 2. The van der Waals surface area contributed by atoms with Gasteiger partial charge in [-0.3, -0.25) is 14.5 Å². The molecule has 7 nitrogen and oxygen atoms in total. The molecular weight excluding hydrogens is 434 g/mol. The van der Waals surface area contributed by atoms with Gasteiger partial charge in [-0.15, -0.1) is 0 Å². The average Bonchev–Trinajstić information content (AvgIpc) is 3.33. The Balaban J connectivity index is 1.58. The van der Waals surface area contributed by atoms with Gasteiger partial charge in [0, 0.05) is 16.7 Å². The highest BCUT2D eigenvalue weighted by molar-refractivity contribution is 6.33. The van der Waals surface area contributed by atoms with Crippen LogP contribution < -0.4 is 18.9 Å². The molecule has 0 saturated heterocycles. The summed E-state index contributed by atoms with van der Waals surface area (Å²) in [5.74, 6) is 1.64. The number of benzene rings is 3. The molecule has 0 saturated carbocycles. The topological polar surface area (TPSA) is 74.3 Å². The van der Waals surface area contributed by atoms with E-state index in [9.17, 15) is 9.59 Å². The zero-order valence-electron chi connectivity index (χ0n) is 18.9. The molecule has 0 atom stereocenters. The Labute approximate surface area is 197 Å². The molecule has 0 fully saturated rings. The van der Waals surface area contributed by atoms with Crippen molar-refractivity contribution in [2.75, 3.05) is 20.5 Å². The van der Waals surface area contributed by atoms with E-state index in [0.29, 0.717) is 51.9 Å². The van der Waals surface area contributed by atoms with Gasteiger partial charge in [-0.2, -0.15) is 0 Å². The second-order valence-corrected chi connectivity index (χ2v) is 7.80. The van der Waals surface area contributed by atoms with E-state index in [1.807, 2.05) is 37.3 Å². The lowest BCUT2D eigenvalue weighted by Crippen LogP contribution is -2.41. The third-order valence-electron chi connectivity index (χ3n) is 5.76. The molecule has 7 heteroatoms. The summed E-state index contributed by atoms with van der Waals surface area (Å²) in [6.45, 7) is 2.64. The number of carbonyl (C=O) groups excluding carboxylic acids is 2. The number of fused-ring (bicyclic) bond motifs is 2. The molecule has 2 aliphatic heterocycles. The molecule has 0 aliphatic carbocycles. The second kappa shape index (κ2) is 8.94. The minimum absolute atomic E-state index is 0.107. The van der Waals surface area contributed by atoms with Crippen LogP contribution in [0.1, 0.15) is 34.0 Å². The SMILES string of the molecule is CCOc1cccc(/C=C2\C(=O)N(Cc3ccc4c(c3)OCO4)C(=O)c3ccccc32)c1OC. The van der Waals surface area contributed by atoms with Gasteiger partial charge in [-0.05, 0) is 48.4 Å². The van der Waals surface area contributed by atoms with Gasteiger partial charge in [-0.25, -0.2) is 0 Å². The van der Waals surface area contributed by atoms with Crippen molar-refractivity contribution in [3.63, 3.8) is 0 Å². The predicted molar refractivity (Wildman–Crippen MR) is 126 cm³/mol. The van der Waals surface area contributed by atoms with Crippen molar-refractivity contribution in [1.29, 1.82) is 0 Å². The average molecular weight is 457 g/mol. The van der Waals surface area contributed by atoms with E-state index < -0.39 is 0 Å². The Morgan fingerprint density at radius 1 is 0.941 bits per heavy atom. The fourth-order valence-corrected chi connectivity index (χ4v) is 4.20. The number of nitrogens with zero attached hydrogens (tertiary/aromatic N) is 1. The lowest BCUT2D eigenvalue weighted by atomic mass is 9.91. The van der Waals surface area contributed by atoms with Crippen LogP contribution in [-0.2, 0) is 11.3 Å². The first-order valence-electron chi connectivity index (χ1n) is 11.0. The van der Waals surface area contributed by atoms with E-state index in [0.717, 1.165) is 5.56 Å². The first kappa shape index (κ1) is 21.6. The van der Waals surface area contributed by atoms with E-state index in [-0.39, 0.29) is 25.2 Å². The van der Waals surface area contributed by atoms with Crippen molar-refractivity contribution < 1.29 is 28.5 Å². The third-order valence-corrected chi connectivity index (χ3v) is 5.76. The summed E-state index contributed by atoms with van der Waals surface area (Å²) in [4.78, 5) is 28.2. The Morgan fingerprint density at radius 3 is 2.53 bits per heavy atom. The van der Waals surface area contributed by atoms with Crippen LogP contribution in [0.3, 0.4) is 0 Å². The molecule has 0 spiro atoms.